The molecule has 0 saturated carbocycles. The Morgan fingerprint density at radius 1 is 1.54 bits per heavy atom. The van der Waals surface area contributed by atoms with Crippen LogP contribution >= 0.6 is 0 Å². The molecular formula is C10H13N3. The Kier molecular flexibility index (Phi) is 3.80. The first-order valence-electron chi connectivity index (χ1n) is 4.18. The van der Waals surface area contributed by atoms with E-state index >= 15 is 0 Å². The van der Waals surface area contributed by atoms with Crippen LogP contribution in [0.2, 0.25) is 0 Å². The summed E-state index contributed by atoms with van der Waals surface area (Å²) in [5, 5.41) is 3.02. The molecule has 0 spiro atoms. The van der Waals surface area contributed by atoms with Crippen LogP contribution in [0.5, 0.6) is 0 Å². The molecule has 1 aromatic heterocycles. The van der Waals surface area contributed by atoms with Gasteiger partial charge in [0.15, 0.2) is 0 Å². The third-order valence-electron chi connectivity index (χ3n) is 1.50. The fourth-order valence-electron chi connectivity index (χ4n) is 0.820. The molecule has 0 aliphatic carbocycles. The molecule has 0 bridgehead atoms. The van der Waals surface area contributed by atoms with Gasteiger partial charge in [-0.15, -0.1) is 0 Å². The Balaban J connectivity index is 2.52. The molecule has 3 heteroatoms. The Morgan fingerprint density at radius 2 is 2.38 bits per heavy atom. The van der Waals surface area contributed by atoms with Crippen molar-refractivity contribution in [1.29, 1.82) is 0 Å². The van der Waals surface area contributed by atoms with E-state index < -0.39 is 0 Å². The molecule has 0 atom stereocenters. The van der Waals surface area contributed by atoms with E-state index in [0.29, 0.717) is 5.69 Å². The average molecular weight is 175 g/mol. The average Bonchev–Trinajstić information content (AvgIpc) is 2.15. The quantitative estimate of drug-likeness (QED) is 0.512. The minimum atomic E-state index is 0.667. The first kappa shape index (κ1) is 9.56. The lowest BCUT2D eigenvalue weighted by Crippen LogP contribution is -2.05. The number of aromatic nitrogens is 1. The first-order valence-corrected chi connectivity index (χ1v) is 4.18. The van der Waals surface area contributed by atoms with E-state index in [1.165, 1.54) is 0 Å². The van der Waals surface area contributed by atoms with Crippen LogP contribution in [0.4, 0.5) is 5.69 Å². The van der Waals surface area contributed by atoms with E-state index in [4.69, 9.17) is 5.73 Å². The van der Waals surface area contributed by atoms with E-state index in [1.807, 2.05) is 13.1 Å². The van der Waals surface area contributed by atoms with Crippen molar-refractivity contribution in [1.82, 2.24) is 10.3 Å². The molecule has 1 rings (SSSR count). The van der Waals surface area contributed by atoms with Gasteiger partial charge in [-0.2, -0.15) is 0 Å². The van der Waals surface area contributed by atoms with Gasteiger partial charge in [-0.05, 0) is 25.1 Å². The van der Waals surface area contributed by atoms with E-state index in [9.17, 15) is 0 Å². The highest BCUT2D eigenvalue weighted by Crippen LogP contribution is 1.98. The topological polar surface area (TPSA) is 50.9 Å². The standard InChI is InChI=1S/C10H13N3/c1-12-7-3-2-4-10-6-5-9(11)8-13-10/h5-6,8,12H,3,7,11H2,1H3. The predicted octanol–water partition coefficient (Wildman–Crippen LogP) is 0.625. The molecule has 0 amide bonds. The number of pyridine rings is 1. The van der Waals surface area contributed by atoms with Gasteiger partial charge in [-0.25, -0.2) is 4.98 Å². The smallest absolute Gasteiger partial charge is 0.113 e. The molecule has 0 radical (unpaired) electrons. The zero-order valence-corrected chi connectivity index (χ0v) is 7.67. The molecule has 68 valence electrons. The van der Waals surface area contributed by atoms with Crippen LogP contribution in [0, 0.1) is 11.8 Å². The van der Waals surface area contributed by atoms with Gasteiger partial charge in [0.25, 0.3) is 0 Å². The van der Waals surface area contributed by atoms with Crippen molar-refractivity contribution in [3.8, 4) is 11.8 Å². The van der Waals surface area contributed by atoms with Gasteiger partial charge in [0.2, 0.25) is 0 Å². The summed E-state index contributed by atoms with van der Waals surface area (Å²) in [6, 6.07) is 3.62. The summed E-state index contributed by atoms with van der Waals surface area (Å²) in [6.45, 7) is 0.905. The maximum atomic E-state index is 5.48. The van der Waals surface area contributed by atoms with Crippen molar-refractivity contribution < 1.29 is 0 Å². The van der Waals surface area contributed by atoms with Crippen molar-refractivity contribution in [2.75, 3.05) is 19.3 Å². The SMILES string of the molecule is CNCCC#Cc1ccc(N)cn1. The summed E-state index contributed by atoms with van der Waals surface area (Å²) in [5.74, 6) is 5.96. The van der Waals surface area contributed by atoms with Gasteiger partial charge in [0, 0.05) is 13.0 Å². The number of rotatable bonds is 2. The minimum absolute atomic E-state index is 0.667. The highest BCUT2D eigenvalue weighted by Gasteiger charge is 1.86. The molecule has 3 N–H and O–H groups in total. The second-order valence-corrected chi connectivity index (χ2v) is 2.63. The first-order chi connectivity index (χ1) is 6.33. The fraction of sp³-hybridized carbons (Fsp3) is 0.300. The number of nitrogens with one attached hydrogen (secondary N) is 1. The van der Waals surface area contributed by atoms with Crippen molar-refractivity contribution in [3.63, 3.8) is 0 Å². The Labute approximate surface area is 78.4 Å². The monoisotopic (exact) mass is 175 g/mol. The van der Waals surface area contributed by atoms with Gasteiger partial charge in [-0.3, -0.25) is 0 Å². The summed E-state index contributed by atoms with van der Waals surface area (Å²) < 4.78 is 0. The molecule has 3 nitrogen and oxygen atoms in total. The van der Waals surface area contributed by atoms with E-state index in [2.05, 4.69) is 22.1 Å². The van der Waals surface area contributed by atoms with Crippen LogP contribution in [0.3, 0.4) is 0 Å². The Morgan fingerprint density at radius 3 is 3.00 bits per heavy atom. The van der Waals surface area contributed by atoms with Crippen LogP contribution in [0.1, 0.15) is 12.1 Å². The largest absolute Gasteiger partial charge is 0.397 e. The summed E-state index contributed by atoms with van der Waals surface area (Å²) in [4.78, 5) is 4.06. The van der Waals surface area contributed by atoms with Crippen LogP contribution in [0.15, 0.2) is 18.3 Å². The Hall–Kier alpha value is -1.53. The normalized spacial score (nSPS) is 9.00. The van der Waals surface area contributed by atoms with Crippen LogP contribution in [0.25, 0.3) is 0 Å². The van der Waals surface area contributed by atoms with Crippen molar-refractivity contribution in [2.45, 2.75) is 6.42 Å². The van der Waals surface area contributed by atoms with E-state index in [1.54, 1.807) is 12.3 Å². The molecule has 1 aromatic rings. The number of hydrogen-bond acceptors (Lipinski definition) is 3. The van der Waals surface area contributed by atoms with Crippen LogP contribution in [-0.4, -0.2) is 18.6 Å². The maximum absolute atomic E-state index is 5.48. The summed E-state index contributed by atoms with van der Waals surface area (Å²) in [7, 11) is 1.91. The molecule has 0 aliphatic rings. The number of nitrogen functional groups attached to an aromatic ring is 1. The molecule has 0 aromatic carbocycles. The van der Waals surface area contributed by atoms with Crippen LogP contribution in [-0.2, 0) is 0 Å². The molecular weight excluding hydrogens is 162 g/mol. The lowest BCUT2D eigenvalue weighted by molar-refractivity contribution is 0.818. The number of nitrogens with two attached hydrogens (primary N) is 1. The van der Waals surface area contributed by atoms with Crippen LogP contribution < -0.4 is 11.1 Å². The zero-order chi connectivity index (χ0) is 9.52. The summed E-state index contributed by atoms with van der Waals surface area (Å²) >= 11 is 0. The van der Waals surface area contributed by atoms with Gasteiger partial charge < -0.3 is 11.1 Å². The third kappa shape index (κ3) is 3.59. The van der Waals surface area contributed by atoms with E-state index in [-0.39, 0.29) is 0 Å². The molecule has 0 aliphatic heterocycles. The van der Waals surface area contributed by atoms with Gasteiger partial charge in [0.05, 0.1) is 11.9 Å². The Bertz CT molecular complexity index is 305. The molecule has 0 fully saturated rings. The van der Waals surface area contributed by atoms with Gasteiger partial charge in [0.1, 0.15) is 5.69 Å². The number of hydrogen-bond donors (Lipinski definition) is 2. The molecule has 0 unspecified atom stereocenters. The zero-order valence-electron chi connectivity index (χ0n) is 7.67. The lowest BCUT2D eigenvalue weighted by Gasteiger charge is -1.91. The molecule has 13 heavy (non-hydrogen) atoms. The van der Waals surface area contributed by atoms with Gasteiger partial charge >= 0.3 is 0 Å². The highest BCUT2D eigenvalue weighted by molar-refractivity contribution is 5.38. The van der Waals surface area contributed by atoms with Crippen molar-refractivity contribution >= 4 is 5.69 Å². The summed E-state index contributed by atoms with van der Waals surface area (Å²) in [6.07, 6.45) is 2.45. The predicted molar refractivity (Wildman–Crippen MR) is 54.1 cm³/mol. The van der Waals surface area contributed by atoms with Crippen molar-refractivity contribution in [2.24, 2.45) is 0 Å². The lowest BCUT2D eigenvalue weighted by atomic mass is 10.3. The number of nitrogens with zero attached hydrogens (tertiary/aromatic N) is 1. The molecule has 1 heterocycles. The second kappa shape index (κ2) is 5.18. The summed E-state index contributed by atoms with van der Waals surface area (Å²) in [5.41, 5.74) is 6.92. The second-order valence-electron chi connectivity index (χ2n) is 2.63. The fourth-order valence-corrected chi connectivity index (χ4v) is 0.820. The minimum Gasteiger partial charge on any atom is -0.397 e. The highest BCUT2D eigenvalue weighted by atomic mass is 14.8. The third-order valence-corrected chi connectivity index (χ3v) is 1.50. The van der Waals surface area contributed by atoms with Crippen molar-refractivity contribution in [3.05, 3.63) is 24.0 Å². The number of anilines is 1. The maximum Gasteiger partial charge on any atom is 0.113 e. The van der Waals surface area contributed by atoms with E-state index in [0.717, 1.165) is 18.7 Å². The molecule has 0 saturated heterocycles. The van der Waals surface area contributed by atoms with Gasteiger partial charge in [-0.1, -0.05) is 5.92 Å².